The number of Topliss-reactive ketones (excluding diaryl/α,β-unsaturated/α-hetero) is 1. The van der Waals surface area contributed by atoms with Gasteiger partial charge in [0.25, 0.3) is 5.92 Å². The molecule has 0 radical (unpaired) electrons. The lowest BCUT2D eigenvalue weighted by molar-refractivity contribution is 0.0116. The smallest absolute Gasteiger partial charge is 0.287 e. The largest absolute Gasteiger partial charge is 0.294 e. The zero-order chi connectivity index (χ0) is 18.2. The molecule has 1 saturated carbocycles. The molecule has 1 aromatic heterocycles. The van der Waals surface area contributed by atoms with Crippen molar-refractivity contribution >= 4 is 5.78 Å². The molecule has 0 aliphatic heterocycles. The van der Waals surface area contributed by atoms with Crippen molar-refractivity contribution < 1.29 is 22.4 Å². The first-order valence-electron chi connectivity index (χ1n) is 8.09. The van der Waals surface area contributed by atoms with Gasteiger partial charge in [-0.05, 0) is 48.4 Å². The summed E-state index contributed by atoms with van der Waals surface area (Å²) < 4.78 is 54.3. The monoisotopic (exact) mass is 351 g/mol. The van der Waals surface area contributed by atoms with Crippen LogP contribution in [-0.2, 0) is 5.92 Å². The molecule has 0 unspecified atom stereocenters. The molecule has 132 valence electrons. The second kappa shape index (κ2) is 6.58. The Bertz CT molecular complexity index is 800. The van der Waals surface area contributed by atoms with Gasteiger partial charge in [0.2, 0.25) is 0 Å². The molecule has 1 aliphatic rings. The Kier molecular flexibility index (Phi) is 4.62. The van der Waals surface area contributed by atoms with Crippen molar-refractivity contribution in [3.63, 3.8) is 0 Å². The highest BCUT2D eigenvalue weighted by Crippen LogP contribution is 2.46. The Labute approximate surface area is 142 Å². The van der Waals surface area contributed by atoms with Crippen molar-refractivity contribution in [2.45, 2.75) is 38.0 Å². The maximum absolute atomic E-state index is 13.9. The van der Waals surface area contributed by atoms with Crippen molar-refractivity contribution in [3.05, 3.63) is 65.0 Å². The molecule has 1 aromatic carbocycles. The number of carbonyl (C=O) groups is 1. The van der Waals surface area contributed by atoms with Crippen molar-refractivity contribution in [2.24, 2.45) is 5.92 Å². The van der Waals surface area contributed by atoms with Gasteiger partial charge in [0, 0.05) is 31.2 Å². The third-order valence-corrected chi connectivity index (χ3v) is 4.75. The van der Waals surface area contributed by atoms with Crippen molar-refractivity contribution in [3.8, 4) is 0 Å². The third-order valence-electron chi connectivity index (χ3n) is 4.75. The van der Waals surface area contributed by atoms with Crippen molar-refractivity contribution in [1.82, 2.24) is 4.98 Å². The van der Waals surface area contributed by atoms with Crippen LogP contribution in [0.5, 0.6) is 0 Å². The topological polar surface area (TPSA) is 30.0 Å². The average molecular weight is 351 g/mol. The van der Waals surface area contributed by atoms with Crippen molar-refractivity contribution in [1.29, 1.82) is 0 Å². The summed E-state index contributed by atoms with van der Waals surface area (Å²) in [6, 6.07) is 6.19. The number of ketones is 1. The van der Waals surface area contributed by atoms with Gasteiger partial charge in [-0.1, -0.05) is 6.07 Å². The molecule has 0 N–H and O–H groups in total. The molecule has 0 saturated heterocycles. The summed E-state index contributed by atoms with van der Waals surface area (Å²) in [6.45, 7) is 0.701. The fourth-order valence-corrected chi connectivity index (χ4v) is 3.35. The van der Waals surface area contributed by atoms with Crippen LogP contribution in [0.15, 0.2) is 36.5 Å². The predicted octanol–water partition coefficient (Wildman–Crippen LogP) is 5.24. The number of aromatic nitrogens is 1. The molecule has 0 spiro atoms. The SMILES string of the molecule is CC(F)(F)c1ncccc1C(=O)C[C@@H]1CC[C@@H]1c1ccc(F)cc1F. The number of nitrogens with zero attached hydrogens (tertiary/aromatic N) is 1. The van der Waals surface area contributed by atoms with Crippen LogP contribution >= 0.6 is 0 Å². The number of hydrogen-bond acceptors (Lipinski definition) is 2. The first-order valence-corrected chi connectivity index (χ1v) is 8.09. The highest BCUT2D eigenvalue weighted by atomic mass is 19.3. The summed E-state index contributed by atoms with van der Waals surface area (Å²) >= 11 is 0. The van der Waals surface area contributed by atoms with E-state index >= 15 is 0 Å². The molecule has 0 amide bonds. The van der Waals surface area contributed by atoms with Crippen LogP contribution < -0.4 is 0 Å². The minimum atomic E-state index is -3.21. The lowest BCUT2D eigenvalue weighted by Gasteiger charge is -2.37. The fraction of sp³-hybridized carbons (Fsp3) is 0.368. The molecular formula is C19H17F4NO. The van der Waals surface area contributed by atoms with Gasteiger partial charge in [-0.3, -0.25) is 9.78 Å². The summed E-state index contributed by atoms with van der Waals surface area (Å²) in [5, 5.41) is 0. The molecule has 0 bridgehead atoms. The molecular weight excluding hydrogens is 334 g/mol. The van der Waals surface area contributed by atoms with Gasteiger partial charge in [0.15, 0.2) is 5.78 Å². The summed E-state index contributed by atoms with van der Waals surface area (Å²) in [4.78, 5) is 16.2. The van der Waals surface area contributed by atoms with Crippen LogP contribution in [0.25, 0.3) is 0 Å². The van der Waals surface area contributed by atoms with E-state index in [0.29, 0.717) is 25.3 Å². The van der Waals surface area contributed by atoms with Crippen molar-refractivity contribution in [2.75, 3.05) is 0 Å². The molecule has 2 atom stereocenters. The van der Waals surface area contributed by atoms with E-state index in [9.17, 15) is 22.4 Å². The molecule has 3 rings (SSSR count). The lowest BCUT2D eigenvalue weighted by atomic mass is 9.67. The van der Waals surface area contributed by atoms with Gasteiger partial charge in [0.1, 0.15) is 17.3 Å². The molecule has 1 fully saturated rings. The maximum Gasteiger partial charge on any atom is 0.287 e. The normalized spacial score (nSPS) is 20.2. The van der Waals surface area contributed by atoms with E-state index in [1.54, 1.807) is 0 Å². The van der Waals surface area contributed by atoms with Gasteiger partial charge < -0.3 is 0 Å². The van der Waals surface area contributed by atoms with Crippen LogP contribution in [0.2, 0.25) is 0 Å². The summed E-state index contributed by atoms with van der Waals surface area (Å²) in [5.41, 5.74) is -0.262. The Morgan fingerprint density at radius 2 is 2.00 bits per heavy atom. The fourth-order valence-electron chi connectivity index (χ4n) is 3.35. The van der Waals surface area contributed by atoms with Crippen LogP contribution in [-0.4, -0.2) is 10.8 Å². The molecule has 6 heteroatoms. The second-order valence-corrected chi connectivity index (χ2v) is 6.53. The number of pyridine rings is 1. The standard InChI is InChI=1S/C19H17F4NO/c1-19(22,23)18-15(3-2-8-24-18)17(25)9-11-4-6-13(11)14-7-5-12(20)10-16(14)21/h2-3,5,7-8,10-11,13H,4,6,9H2,1H3/t11-,13-/m0/s1. The third kappa shape index (κ3) is 3.57. The molecule has 1 heterocycles. The number of rotatable bonds is 5. The Morgan fingerprint density at radius 3 is 2.60 bits per heavy atom. The number of hydrogen-bond donors (Lipinski definition) is 0. The van der Waals surface area contributed by atoms with E-state index in [2.05, 4.69) is 4.98 Å². The van der Waals surface area contributed by atoms with E-state index in [4.69, 9.17) is 0 Å². The van der Waals surface area contributed by atoms with E-state index in [1.807, 2.05) is 0 Å². The Morgan fingerprint density at radius 1 is 1.24 bits per heavy atom. The molecule has 25 heavy (non-hydrogen) atoms. The van der Waals surface area contributed by atoms with Gasteiger partial charge >= 0.3 is 0 Å². The van der Waals surface area contributed by atoms with E-state index in [-0.39, 0.29) is 23.8 Å². The number of halogens is 4. The second-order valence-electron chi connectivity index (χ2n) is 6.53. The summed E-state index contributed by atoms with van der Waals surface area (Å²) in [6.07, 6.45) is 2.65. The molecule has 2 nitrogen and oxygen atoms in total. The highest BCUT2D eigenvalue weighted by Gasteiger charge is 2.37. The summed E-state index contributed by atoms with van der Waals surface area (Å²) in [5.74, 6) is -5.28. The Balaban J connectivity index is 1.78. The maximum atomic E-state index is 13.9. The average Bonchev–Trinajstić information content (AvgIpc) is 2.53. The van der Waals surface area contributed by atoms with Gasteiger partial charge in [0.05, 0.1) is 0 Å². The first-order chi connectivity index (χ1) is 11.8. The van der Waals surface area contributed by atoms with Crippen LogP contribution in [0, 0.1) is 17.6 Å². The Hall–Kier alpha value is -2.24. The minimum Gasteiger partial charge on any atom is -0.294 e. The zero-order valence-corrected chi connectivity index (χ0v) is 13.6. The number of alkyl halides is 2. The van der Waals surface area contributed by atoms with Gasteiger partial charge in [-0.25, -0.2) is 8.78 Å². The predicted molar refractivity (Wildman–Crippen MR) is 84.6 cm³/mol. The highest BCUT2D eigenvalue weighted by molar-refractivity contribution is 5.97. The number of carbonyl (C=O) groups excluding carboxylic acids is 1. The quantitative estimate of drug-likeness (QED) is 0.545. The van der Waals surface area contributed by atoms with Crippen LogP contribution in [0.1, 0.15) is 53.7 Å². The number of benzene rings is 1. The molecule has 1 aliphatic carbocycles. The van der Waals surface area contributed by atoms with Crippen LogP contribution in [0.3, 0.4) is 0 Å². The summed E-state index contributed by atoms with van der Waals surface area (Å²) in [7, 11) is 0. The lowest BCUT2D eigenvalue weighted by Crippen LogP contribution is -2.28. The van der Waals surface area contributed by atoms with E-state index in [1.165, 1.54) is 30.5 Å². The van der Waals surface area contributed by atoms with E-state index < -0.39 is 29.0 Å². The van der Waals surface area contributed by atoms with E-state index in [0.717, 1.165) is 6.07 Å². The molecule has 2 aromatic rings. The first kappa shape index (κ1) is 17.6. The van der Waals surface area contributed by atoms with Crippen LogP contribution in [0.4, 0.5) is 17.6 Å². The van der Waals surface area contributed by atoms with Gasteiger partial charge in [-0.2, -0.15) is 8.78 Å². The zero-order valence-electron chi connectivity index (χ0n) is 13.6. The van der Waals surface area contributed by atoms with Gasteiger partial charge in [-0.15, -0.1) is 0 Å². The minimum absolute atomic E-state index is 0.0380.